The van der Waals surface area contributed by atoms with E-state index in [0.29, 0.717) is 30.8 Å². The summed E-state index contributed by atoms with van der Waals surface area (Å²) in [5.74, 6) is -3.81. The summed E-state index contributed by atoms with van der Waals surface area (Å²) < 4.78 is 73.3. The van der Waals surface area contributed by atoms with Gasteiger partial charge in [-0.3, -0.25) is 24.1 Å². The van der Waals surface area contributed by atoms with Crippen molar-refractivity contribution in [2.45, 2.75) is 84.7 Å². The summed E-state index contributed by atoms with van der Waals surface area (Å²) in [4.78, 5) is 66.9. The third-order valence-corrected chi connectivity index (χ3v) is 12.9. The lowest BCUT2D eigenvalue weighted by molar-refractivity contribution is -0.144. The Labute approximate surface area is 404 Å². The van der Waals surface area contributed by atoms with Crippen molar-refractivity contribution in [1.29, 1.82) is 5.26 Å². The minimum Gasteiger partial charge on any atom is -0.474 e. The number of hydrogen-bond acceptors (Lipinski definition) is 12. The molecule has 1 unspecified atom stereocenters. The number of ether oxygens (including phenoxy) is 3. The zero-order chi connectivity index (χ0) is 49.7. The number of halogens is 5. The molecule has 4 aromatic rings. The molecule has 362 valence electrons. The molecule has 2 aromatic carbocycles. The fraction of sp³-hybridized carbons (Fsp3) is 0.435. The first-order valence-electron chi connectivity index (χ1n) is 21.4. The summed E-state index contributed by atoms with van der Waals surface area (Å²) in [5.41, 5.74) is -0.870. The number of pyridine rings is 1. The summed E-state index contributed by atoms with van der Waals surface area (Å²) in [5, 5.41) is 14.6. The average molecular weight is 1000 g/mol. The molecule has 2 atom stereocenters. The Morgan fingerprint density at radius 1 is 1.06 bits per heavy atom. The largest absolute Gasteiger partial charge is 0.474 e. The van der Waals surface area contributed by atoms with Gasteiger partial charge in [-0.05, 0) is 80.6 Å². The normalized spacial score (nSPS) is 16.5. The molecule has 2 aliphatic rings. The molecule has 0 aliphatic carbocycles. The number of rotatable bonds is 17. The van der Waals surface area contributed by atoms with Gasteiger partial charge in [0.05, 0.1) is 65.1 Å². The highest BCUT2D eigenvalue weighted by Crippen LogP contribution is 2.42. The van der Waals surface area contributed by atoms with Crippen molar-refractivity contribution in [3.63, 3.8) is 0 Å². The standard InChI is InChI=1S/C46H49ClF4N8O7S2/c1-26-37(68-25-55-26)28-11-9-27(10-12-28)22-53-39(61)33-8-7-15-57(33)41(62)38(44(2,3)4)56-34(60)24-65-17-16-64-18-19-66-40-31(47)20-30(23-54-40)59-43(67)58(42(63)45(59,5)6)32-14-13-29(21-52)35(36(32)48)46(49,50)51/h9-14,20,23,25,33,38H,7-8,15-19,22,24H2,1-6H3,(H,53,61)(H,56,60)/t33-,38?/m0/s1. The van der Waals surface area contributed by atoms with Crippen molar-refractivity contribution in [1.82, 2.24) is 25.5 Å². The molecule has 4 amide bonds. The summed E-state index contributed by atoms with van der Waals surface area (Å²) in [6.45, 7) is 10.8. The Morgan fingerprint density at radius 3 is 2.38 bits per heavy atom. The number of nitrogens with zero attached hydrogens (tertiary/aromatic N) is 6. The van der Waals surface area contributed by atoms with Gasteiger partial charge >= 0.3 is 6.18 Å². The molecule has 2 N–H and O–H groups in total. The van der Waals surface area contributed by atoms with E-state index >= 15 is 4.39 Å². The molecule has 0 spiro atoms. The van der Waals surface area contributed by atoms with Gasteiger partial charge in [-0.15, -0.1) is 11.3 Å². The molecule has 2 aliphatic heterocycles. The molecule has 0 bridgehead atoms. The minimum atomic E-state index is -5.23. The van der Waals surface area contributed by atoms with Crippen LogP contribution in [0, 0.1) is 29.5 Å². The second-order valence-corrected chi connectivity index (χ2v) is 19.1. The second-order valence-electron chi connectivity index (χ2n) is 17.5. The van der Waals surface area contributed by atoms with E-state index in [1.165, 1.54) is 42.0 Å². The van der Waals surface area contributed by atoms with Crippen molar-refractivity contribution in [2.75, 3.05) is 49.4 Å². The van der Waals surface area contributed by atoms with E-state index in [-0.39, 0.29) is 66.6 Å². The van der Waals surface area contributed by atoms with Crippen LogP contribution in [0.4, 0.5) is 28.9 Å². The van der Waals surface area contributed by atoms with Crippen LogP contribution in [0.15, 0.2) is 54.2 Å². The molecule has 2 saturated heterocycles. The van der Waals surface area contributed by atoms with E-state index in [0.717, 1.165) is 33.8 Å². The highest BCUT2D eigenvalue weighted by atomic mass is 35.5. The van der Waals surface area contributed by atoms with Gasteiger partial charge in [-0.2, -0.15) is 18.4 Å². The van der Waals surface area contributed by atoms with Gasteiger partial charge in [0.15, 0.2) is 10.9 Å². The summed E-state index contributed by atoms with van der Waals surface area (Å²) in [6.07, 6.45) is -2.81. The van der Waals surface area contributed by atoms with E-state index in [9.17, 15) is 32.3 Å². The number of anilines is 2. The molecule has 2 fully saturated rings. The first-order chi connectivity index (χ1) is 32.1. The van der Waals surface area contributed by atoms with Gasteiger partial charge < -0.3 is 34.6 Å². The maximum Gasteiger partial charge on any atom is 0.420 e. The number of nitriles is 1. The van der Waals surface area contributed by atoms with Crippen LogP contribution in [0.25, 0.3) is 10.4 Å². The van der Waals surface area contributed by atoms with E-state index in [4.69, 9.17) is 43.3 Å². The third-order valence-electron chi connectivity index (χ3n) is 11.2. The fourth-order valence-corrected chi connectivity index (χ4v) is 9.30. The highest BCUT2D eigenvalue weighted by molar-refractivity contribution is 7.81. The van der Waals surface area contributed by atoms with Crippen LogP contribution in [0.5, 0.6) is 5.88 Å². The van der Waals surface area contributed by atoms with Crippen molar-refractivity contribution >= 4 is 75.3 Å². The zero-order valence-electron chi connectivity index (χ0n) is 38.0. The van der Waals surface area contributed by atoms with Crippen molar-refractivity contribution < 1.29 is 51.0 Å². The number of nitrogens with one attached hydrogen (secondary N) is 2. The Hall–Kier alpha value is -5.79. The number of thiocarbonyl (C=S) groups is 1. The molecule has 68 heavy (non-hydrogen) atoms. The lowest BCUT2D eigenvalue weighted by Crippen LogP contribution is -2.58. The number of carbonyl (C=O) groups excluding carboxylic acids is 4. The van der Waals surface area contributed by atoms with Crippen LogP contribution in [0.2, 0.25) is 5.02 Å². The van der Waals surface area contributed by atoms with Crippen LogP contribution in [-0.4, -0.2) is 101 Å². The topological polar surface area (TPSA) is 179 Å². The number of hydrogen-bond donors (Lipinski definition) is 2. The van der Waals surface area contributed by atoms with Crippen LogP contribution < -0.4 is 25.2 Å². The second kappa shape index (κ2) is 21.2. The van der Waals surface area contributed by atoms with Crippen LogP contribution in [0.3, 0.4) is 0 Å². The number of aromatic nitrogens is 2. The third kappa shape index (κ3) is 11.4. The molecule has 6 rings (SSSR count). The number of carbonyl (C=O) groups is 4. The Kier molecular flexibility index (Phi) is 16.1. The van der Waals surface area contributed by atoms with Gasteiger partial charge in [0.2, 0.25) is 23.6 Å². The number of aryl methyl sites for hydroxylation is 1. The molecule has 4 heterocycles. The summed E-state index contributed by atoms with van der Waals surface area (Å²) >= 11 is 13.5. The Bertz CT molecular complexity index is 2600. The maximum absolute atomic E-state index is 15.4. The predicted octanol–water partition coefficient (Wildman–Crippen LogP) is 7.36. The predicted molar refractivity (Wildman–Crippen MR) is 249 cm³/mol. The molecular weight excluding hydrogens is 952 g/mol. The molecule has 15 nitrogen and oxygen atoms in total. The SMILES string of the molecule is Cc1ncsc1-c1ccc(CNC(=O)[C@@H]2CCCN2C(=O)C(NC(=O)COCCOCCOc2ncc(N3C(=S)N(c4ccc(C#N)c(C(F)(F)F)c4F)C(=O)C3(C)C)cc2Cl)C(C)(C)C)cc1. The number of alkyl halides is 3. The lowest BCUT2D eigenvalue weighted by Gasteiger charge is -2.35. The first-order valence-corrected chi connectivity index (χ1v) is 23.0. The Balaban J connectivity index is 0.934. The summed E-state index contributed by atoms with van der Waals surface area (Å²) in [7, 11) is 0. The van der Waals surface area contributed by atoms with Crippen molar-refractivity contribution in [3.05, 3.63) is 87.4 Å². The molecule has 0 radical (unpaired) electrons. The smallest absolute Gasteiger partial charge is 0.420 e. The van der Waals surface area contributed by atoms with Crippen molar-refractivity contribution in [3.8, 4) is 22.4 Å². The van der Waals surface area contributed by atoms with Crippen LogP contribution in [0.1, 0.15) is 69.8 Å². The van der Waals surface area contributed by atoms with E-state index in [1.54, 1.807) is 16.8 Å². The van der Waals surface area contributed by atoms with E-state index < -0.39 is 63.7 Å². The van der Waals surface area contributed by atoms with Gasteiger partial charge in [0, 0.05) is 13.1 Å². The average Bonchev–Trinajstić information content (AvgIpc) is 3.99. The molecule has 2 aromatic heterocycles. The van der Waals surface area contributed by atoms with E-state index in [2.05, 4.69) is 20.6 Å². The number of amides is 4. The molecule has 22 heteroatoms. The maximum atomic E-state index is 15.4. The van der Waals surface area contributed by atoms with Crippen LogP contribution in [-0.2, 0) is 41.4 Å². The number of likely N-dealkylation sites (tertiary alicyclic amines) is 1. The molecule has 0 saturated carbocycles. The number of thiazole rings is 1. The number of benzene rings is 2. The Morgan fingerprint density at radius 2 is 1.75 bits per heavy atom. The highest BCUT2D eigenvalue weighted by Gasteiger charge is 2.52. The monoisotopic (exact) mass is 1000 g/mol. The quantitative estimate of drug-likeness (QED) is 0.0611. The van der Waals surface area contributed by atoms with Crippen LogP contribution >= 0.6 is 35.2 Å². The molecular formula is C46H49ClF4N8O7S2. The van der Waals surface area contributed by atoms with Gasteiger partial charge in [0.25, 0.3) is 5.91 Å². The van der Waals surface area contributed by atoms with Gasteiger partial charge in [-0.1, -0.05) is 56.6 Å². The lowest BCUT2D eigenvalue weighted by atomic mass is 9.85. The first kappa shape index (κ1) is 51.6. The zero-order valence-corrected chi connectivity index (χ0v) is 40.4. The van der Waals surface area contributed by atoms with Crippen molar-refractivity contribution in [2.24, 2.45) is 5.41 Å². The van der Waals surface area contributed by atoms with Gasteiger partial charge in [0.1, 0.15) is 41.4 Å². The minimum absolute atomic E-state index is 0.0129. The van der Waals surface area contributed by atoms with E-state index in [1.807, 2.05) is 52.0 Å². The fourth-order valence-electron chi connectivity index (χ4n) is 7.75. The van der Waals surface area contributed by atoms with Gasteiger partial charge in [-0.25, -0.2) is 14.4 Å². The summed E-state index contributed by atoms with van der Waals surface area (Å²) in [6, 6.07) is 10.6.